The molecule has 1 heterocycles. The SMILES string of the molecule is CCC(C)(C)CNc1ncnc(OC)c1[N+](=O)[O-]. The Bertz CT molecular complexity index is 434. The third-order valence-electron chi connectivity index (χ3n) is 2.86. The number of aromatic nitrogens is 2. The minimum absolute atomic E-state index is 0.0338. The van der Waals surface area contributed by atoms with Crippen LogP contribution in [0.5, 0.6) is 5.88 Å². The standard InChI is InChI=1S/C11H18N4O3/c1-5-11(2,3)6-12-9-8(15(16)17)10(18-4)14-7-13-9/h7H,5-6H2,1-4H3,(H,12,13,14). The predicted octanol–water partition coefficient (Wildman–Crippen LogP) is 2.24. The van der Waals surface area contributed by atoms with E-state index in [1.54, 1.807) is 0 Å². The van der Waals surface area contributed by atoms with Crippen molar-refractivity contribution in [1.29, 1.82) is 0 Å². The summed E-state index contributed by atoms with van der Waals surface area (Å²) >= 11 is 0. The molecule has 18 heavy (non-hydrogen) atoms. The molecule has 7 heteroatoms. The summed E-state index contributed by atoms with van der Waals surface area (Å²) in [6.45, 7) is 6.80. The van der Waals surface area contributed by atoms with Gasteiger partial charge in [-0.2, -0.15) is 4.98 Å². The predicted molar refractivity (Wildman–Crippen MR) is 67.8 cm³/mol. The lowest BCUT2D eigenvalue weighted by atomic mass is 9.90. The van der Waals surface area contributed by atoms with Gasteiger partial charge in [-0.05, 0) is 11.8 Å². The van der Waals surface area contributed by atoms with E-state index in [4.69, 9.17) is 4.74 Å². The van der Waals surface area contributed by atoms with E-state index in [1.807, 2.05) is 0 Å². The first kappa shape index (κ1) is 14.1. The van der Waals surface area contributed by atoms with Crippen LogP contribution in [0.3, 0.4) is 0 Å². The summed E-state index contributed by atoms with van der Waals surface area (Å²) in [5.74, 6) is 0.153. The van der Waals surface area contributed by atoms with Crippen molar-refractivity contribution in [1.82, 2.24) is 9.97 Å². The molecule has 0 radical (unpaired) electrons. The monoisotopic (exact) mass is 254 g/mol. The Kier molecular flexibility index (Phi) is 4.41. The van der Waals surface area contributed by atoms with Gasteiger partial charge in [0.25, 0.3) is 5.88 Å². The van der Waals surface area contributed by atoms with Gasteiger partial charge in [-0.15, -0.1) is 0 Å². The molecule has 0 aliphatic carbocycles. The van der Waals surface area contributed by atoms with E-state index in [-0.39, 0.29) is 22.8 Å². The second kappa shape index (κ2) is 5.61. The van der Waals surface area contributed by atoms with E-state index >= 15 is 0 Å². The van der Waals surface area contributed by atoms with Crippen LogP contribution < -0.4 is 10.1 Å². The molecule has 0 atom stereocenters. The van der Waals surface area contributed by atoms with Crippen molar-refractivity contribution in [2.75, 3.05) is 19.0 Å². The number of rotatable bonds is 6. The molecule has 0 saturated heterocycles. The van der Waals surface area contributed by atoms with Crippen LogP contribution in [0.2, 0.25) is 0 Å². The lowest BCUT2D eigenvalue weighted by Crippen LogP contribution is -2.23. The van der Waals surface area contributed by atoms with Crippen LogP contribution in [-0.2, 0) is 0 Å². The molecule has 0 saturated carbocycles. The largest absolute Gasteiger partial charge is 0.476 e. The number of methoxy groups -OCH3 is 1. The van der Waals surface area contributed by atoms with Crippen molar-refractivity contribution in [2.24, 2.45) is 5.41 Å². The van der Waals surface area contributed by atoms with Gasteiger partial charge in [0.1, 0.15) is 6.33 Å². The lowest BCUT2D eigenvalue weighted by molar-refractivity contribution is -0.385. The summed E-state index contributed by atoms with van der Waals surface area (Å²) in [6.07, 6.45) is 2.20. The Morgan fingerprint density at radius 3 is 2.67 bits per heavy atom. The van der Waals surface area contributed by atoms with E-state index in [0.29, 0.717) is 6.54 Å². The van der Waals surface area contributed by atoms with E-state index in [2.05, 4.69) is 36.1 Å². The summed E-state index contributed by atoms with van der Waals surface area (Å²) in [5.41, 5.74) is -0.196. The first-order valence-corrected chi connectivity index (χ1v) is 5.68. The number of nitro groups is 1. The smallest absolute Gasteiger partial charge is 0.372 e. The summed E-state index contributed by atoms with van der Waals surface area (Å²) < 4.78 is 4.87. The van der Waals surface area contributed by atoms with E-state index in [9.17, 15) is 10.1 Å². The highest BCUT2D eigenvalue weighted by Crippen LogP contribution is 2.31. The minimum Gasteiger partial charge on any atom is -0.476 e. The molecule has 7 nitrogen and oxygen atoms in total. The molecule has 0 aliphatic rings. The molecular weight excluding hydrogens is 236 g/mol. The highest BCUT2D eigenvalue weighted by molar-refractivity contribution is 5.61. The Morgan fingerprint density at radius 1 is 1.50 bits per heavy atom. The lowest BCUT2D eigenvalue weighted by Gasteiger charge is -2.23. The van der Waals surface area contributed by atoms with Gasteiger partial charge in [0, 0.05) is 6.54 Å². The summed E-state index contributed by atoms with van der Waals surface area (Å²) in [5, 5.41) is 14.0. The van der Waals surface area contributed by atoms with Crippen LogP contribution in [0.4, 0.5) is 11.5 Å². The van der Waals surface area contributed by atoms with Crippen LogP contribution in [-0.4, -0.2) is 28.5 Å². The van der Waals surface area contributed by atoms with Gasteiger partial charge in [0.2, 0.25) is 5.82 Å². The second-order valence-corrected chi connectivity index (χ2v) is 4.71. The molecule has 1 aromatic heterocycles. The molecule has 0 fully saturated rings. The molecular formula is C11H18N4O3. The quantitative estimate of drug-likeness (QED) is 0.618. The van der Waals surface area contributed by atoms with Crippen molar-refractivity contribution in [3.05, 3.63) is 16.4 Å². The third kappa shape index (κ3) is 3.28. The molecule has 1 aromatic rings. The maximum Gasteiger partial charge on any atom is 0.372 e. The van der Waals surface area contributed by atoms with Crippen LogP contribution in [0.25, 0.3) is 0 Å². The van der Waals surface area contributed by atoms with Crippen LogP contribution in [0.15, 0.2) is 6.33 Å². The van der Waals surface area contributed by atoms with Crippen molar-refractivity contribution >= 4 is 11.5 Å². The van der Waals surface area contributed by atoms with Crippen molar-refractivity contribution in [2.45, 2.75) is 27.2 Å². The molecule has 0 unspecified atom stereocenters. The zero-order valence-corrected chi connectivity index (χ0v) is 11.1. The van der Waals surface area contributed by atoms with Gasteiger partial charge in [-0.1, -0.05) is 20.8 Å². The zero-order chi connectivity index (χ0) is 13.8. The van der Waals surface area contributed by atoms with Crippen LogP contribution >= 0.6 is 0 Å². The Labute approximate surface area is 106 Å². The number of ether oxygens (including phenoxy) is 1. The maximum atomic E-state index is 11.0. The average molecular weight is 254 g/mol. The molecule has 0 aromatic carbocycles. The molecule has 0 amide bonds. The Morgan fingerprint density at radius 2 is 2.17 bits per heavy atom. The van der Waals surface area contributed by atoms with E-state index in [0.717, 1.165) is 6.42 Å². The first-order chi connectivity index (χ1) is 8.41. The van der Waals surface area contributed by atoms with Gasteiger partial charge in [0.05, 0.1) is 12.0 Å². The fraction of sp³-hybridized carbons (Fsp3) is 0.636. The normalized spacial score (nSPS) is 11.1. The van der Waals surface area contributed by atoms with Gasteiger partial charge < -0.3 is 10.1 Å². The highest BCUT2D eigenvalue weighted by Gasteiger charge is 2.25. The van der Waals surface area contributed by atoms with Gasteiger partial charge >= 0.3 is 5.69 Å². The number of anilines is 1. The number of nitrogens with one attached hydrogen (secondary N) is 1. The highest BCUT2D eigenvalue weighted by atomic mass is 16.6. The van der Waals surface area contributed by atoms with Crippen molar-refractivity contribution < 1.29 is 9.66 Å². The fourth-order valence-corrected chi connectivity index (χ4v) is 1.25. The van der Waals surface area contributed by atoms with Gasteiger partial charge in [-0.25, -0.2) is 4.98 Å². The maximum absolute atomic E-state index is 11.0. The number of hydrogen-bond donors (Lipinski definition) is 1. The first-order valence-electron chi connectivity index (χ1n) is 5.68. The minimum atomic E-state index is -0.542. The van der Waals surface area contributed by atoms with Crippen molar-refractivity contribution in [3.63, 3.8) is 0 Å². The van der Waals surface area contributed by atoms with Gasteiger partial charge in [0.15, 0.2) is 0 Å². The number of nitrogens with zero attached hydrogens (tertiary/aromatic N) is 3. The Hall–Kier alpha value is -1.92. The molecule has 1 rings (SSSR count). The Balaban J connectivity index is 2.99. The second-order valence-electron chi connectivity index (χ2n) is 4.71. The third-order valence-corrected chi connectivity index (χ3v) is 2.86. The summed E-state index contributed by atoms with van der Waals surface area (Å²) in [4.78, 5) is 18.1. The average Bonchev–Trinajstić information content (AvgIpc) is 2.35. The van der Waals surface area contributed by atoms with E-state index < -0.39 is 4.92 Å². The molecule has 0 bridgehead atoms. The van der Waals surface area contributed by atoms with Crippen LogP contribution in [0.1, 0.15) is 27.2 Å². The molecule has 0 spiro atoms. The number of hydrogen-bond acceptors (Lipinski definition) is 6. The molecule has 0 aliphatic heterocycles. The molecule has 1 N–H and O–H groups in total. The molecule has 100 valence electrons. The topological polar surface area (TPSA) is 90.2 Å². The summed E-state index contributed by atoms with van der Waals surface area (Å²) in [7, 11) is 1.34. The van der Waals surface area contributed by atoms with Crippen LogP contribution in [0, 0.1) is 15.5 Å². The zero-order valence-electron chi connectivity index (χ0n) is 11.1. The summed E-state index contributed by atoms with van der Waals surface area (Å²) in [6, 6.07) is 0. The van der Waals surface area contributed by atoms with Gasteiger partial charge in [-0.3, -0.25) is 10.1 Å². The fourth-order valence-electron chi connectivity index (χ4n) is 1.25. The van der Waals surface area contributed by atoms with E-state index in [1.165, 1.54) is 13.4 Å². The van der Waals surface area contributed by atoms with Crippen molar-refractivity contribution in [3.8, 4) is 5.88 Å².